The summed E-state index contributed by atoms with van der Waals surface area (Å²) in [4.78, 5) is 17.3. The van der Waals surface area contributed by atoms with Crippen molar-refractivity contribution < 1.29 is 18.0 Å². The molecule has 0 aliphatic heterocycles. The molecule has 0 saturated heterocycles. The number of thioether (sulfide) groups is 1. The molecule has 1 amide bonds. The Balaban J connectivity index is 2.42. The van der Waals surface area contributed by atoms with E-state index in [4.69, 9.17) is 0 Å². The highest BCUT2D eigenvalue weighted by atomic mass is 79.9. The molecule has 2 N–H and O–H groups in total. The molecule has 0 radical (unpaired) electrons. The number of carbonyl (C=O) groups excluding carboxylic acids is 1. The second-order valence-corrected chi connectivity index (χ2v) is 7.03. The van der Waals surface area contributed by atoms with Crippen molar-refractivity contribution in [3.05, 3.63) is 46.2 Å². The molecule has 1 heterocycles. The van der Waals surface area contributed by atoms with E-state index in [1.54, 1.807) is 19.2 Å². The van der Waals surface area contributed by atoms with Crippen LogP contribution in [0.5, 0.6) is 0 Å². The minimum absolute atomic E-state index is 0.0206. The van der Waals surface area contributed by atoms with E-state index in [0.717, 1.165) is 17.9 Å². The predicted octanol–water partition coefficient (Wildman–Crippen LogP) is 5.27. The zero-order chi connectivity index (χ0) is 18.6. The molecule has 9 heteroatoms. The lowest BCUT2D eigenvalue weighted by molar-refractivity contribution is -0.137. The van der Waals surface area contributed by atoms with Crippen LogP contribution in [-0.2, 0) is 6.18 Å². The number of anilines is 2. The van der Waals surface area contributed by atoms with Gasteiger partial charge in [0.15, 0.2) is 0 Å². The maximum absolute atomic E-state index is 13.0. The zero-order valence-corrected chi connectivity index (χ0v) is 15.8. The van der Waals surface area contributed by atoms with Crippen molar-refractivity contribution in [1.82, 2.24) is 4.98 Å². The highest BCUT2D eigenvalue weighted by Gasteiger charge is 2.32. The number of rotatable bonds is 5. The number of nitrogens with one attached hydrogen (secondary N) is 2. The van der Waals surface area contributed by atoms with Gasteiger partial charge < -0.3 is 10.6 Å². The molecule has 0 atom stereocenters. The van der Waals surface area contributed by atoms with Gasteiger partial charge in [-0.3, -0.25) is 4.79 Å². The third-order valence-corrected chi connectivity index (χ3v) is 4.76. The molecule has 2 rings (SSSR count). The van der Waals surface area contributed by atoms with Gasteiger partial charge in [-0.15, -0.1) is 11.8 Å². The lowest BCUT2D eigenvalue weighted by atomic mass is 10.1. The minimum atomic E-state index is -4.53. The maximum Gasteiger partial charge on any atom is 0.416 e. The Kier molecular flexibility index (Phi) is 6.34. The highest BCUT2D eigenvalue weighted by molar-refractivity contribution is 9.10. The summed E-state index contributed by atoms with van der Waals surface area (Å²) < 4.78 is 39.3. The van der Waals surface area contributed by atoms with Crippen LogP contribution >= 0.6 is 27.7 Å². The van der Waals surface area contributed by atoms with Gasteiger partial charge in [0, 0.05) is 22.6 Å². The van der Waals surface area contributed by atoms with E-state index in [1.165, 1.54) is 18.0 Å². The number of carbonyl (C=O) groups is 1. The van der Waals surface area contributed by atoms with Crippen LogP contribution in [0, 0.1) is 0 Å². The average Bonchev–Trinajstić information content (AvgIpc) is 2.54. The molecule has 1 aromatic heterocycles. The van der Waals surface area contributed by atoms with Gasteiger partial charge in [0.1, 0.15) is 5.69 Å². The summed E-state index contributed by atoms with van der Waals surface area (Å²) in [6.45, 7) is 1.93. The Morgan fingerprint density at radius 1 is 1.36 bits per heavy atom. The fourth-order valence-corrected chi connectivity index (χ4v) is 3.56. The van der Waals surface area contributed by atoms with Crippen LogP contribution in [0.25, 0.3) is 0 Å². The molecule has 0 spiro atoms. The Hall–Kier alpha value is -1.74. The van der Waals surface area contributed by atoms with Crippen molar-refractivity contribution >= 4 is 45.0 Å². The first-order chi connectivity index (χ1) is 11.8. The van der Waals surface area contributed by atoms with Crippen LogP contribution in [0.2, 0.25) is 0 Å². The van der Waals surface area contributed by atoms with Crippen LogP contribution in [0.3, 0.4) is 0 Å². The van der Waals surface area contributed by atoms with Crippen LogP contribution in [0.15, 0.2) is 39.8 Å². The van der Waals surface area contributed by atoms with E-state index in [2.05, 4.69) is 31.5 Å². The van der Waals surface area contributed by atoms with E-state index in [0.29, 0.717) is 10.6 Å². The first-order valence-electron chi connectivity index (χ1n) is 7.25. The molecule has 0 bridgehead atoms. The topological polar surface area (TPSA) is 54.0 Å². The van der Waals surface area contributed by atoms with Gasteiger partial charge in [-0.05, 0) is 45.9 Å². The molecule has 0 aliphatic rings. The lowest BCUT2D eigenvalue weighted by Crippen LogP contribution is -2.17. The summed E-state index contributed by atoms with van der Waals surface area (Å²) in [5.74, 6) is 0.169. The van der Waals surface area contributed by atoms with Gasteiger partial charge in [-0.1, -0.05) is 6.92 Å². The Bertz CT molecular complexity index is 784. The maximum atomic E-state index is 13.0. The first-order valence-corrected chi connectivity index (χ1v) is 9.03. The van der Waals surface area contributed by atoms with Crippen LogP contribution in [-0.4, -0.2) is 23.7 Å². The van der Waals surface area contributed by atoms with Crippen LogP contribution in [0.1, 0.15) is 23.0 Å². The number of nitrogens with zero attached hydrogens (tertiary/aromatic N) is 1. The molecule has 25 heavy (non-hydrogen) atoms. The van der Waals surface area contributed by atoms with Crippen molar-refractivity contribution in [2.75, 3.05) is 23.4 Å². The summed E-state index contributed by atoms with van der Waals surface area (Å²) in [7, 11) is 1.56. The van der Waals surface area contributed by atoms with Gasteiger partial charge in [-0.2, -0.15) is 13.2 Å². The molecular formula is C16H15BrF3N3OS. The Morgan fingerprint density at radius 3 is 2.68 bits per heavy atom. The normalized spacial score (nSPS) is 11.3. The van der Waals surface area contributed by atoms with Crippen molar-refractivity contribution in [3.8, 4) is 0 Å². The van der Waals surface area contributed by atoms with Gasteiger partial charge in [0.2, 0.25) is 0 Å². The van der Waals surface area contributed by atoms with E-state index in [-0.39, 0.29) is 15.9 Å². The quantitative estimate of drug-likeness (QED) is 0.630. The number of pyridine rings is 1. The summed E-state index contributed by atoms with van der Waals surface area (Å²) in [6.07, 6.45) is -3.06. The van der Waals surface area contributed by atoms with E-state index in [9.17, 15) is 18.0 Å². The molecule has 2 aromatic rings. The van der Waals surface area contributed by atoms with Gasteiger partial charge >= 0.3 is 6.18 Å². The molecule has 134 valence electrons. The molecular weight excluding hydrogens is 419 g/mol. The molecule has 4 nitrogen and oxygen atoms in total. The monoisotopic (exact) mass is 433 g/mol. The summed E-state index contributed by atoms with van der Waals surface area (Å²) in [6, 6.07) is 5.30. The van der Waals surface area contributed by atoms with Crippen LogP contribution in [0.4, 0.5) is 24.5 Å². The fourth-order valence-electron chi connectivity index (χ4n) is 2.14. The molecule has 0 fully saturated rings. The summed E-state index contributed by atoms with van der Waals surface area (Å²) >= 11 is 4.54. The standard InChI is InChI=1S/C16H15BrF3N3OS/c1-3-25-12-5-4-6-22-14(12)15(24)23-11-8-9(16(18,19)20)7-10(17)13(11)21-2/h4-8,21H,3H2,1-2H3,(H,23,24). The first kappa shape index (κ1) is 19.6. The molecule has 0 saturated carbocycles. The van der Waals surface area contributed by atoms with Gasteiger partial charge in [0.05, 0.1) is 16.9 Å². The highest BCUT2D eigenvalue weighted by Crippen LogP contribution is 2.39. The van der Waals surface area contributed by atoms with E-state index < -0.39 is 17.6 Å². The number of amides is 1. The number of hydrogen-bond acceptors (Lipinski definition) is 4. The molecule has 0 aliphatic carbocycles. The second-order valence-electron chi connectivity index (χ2n) is 4.87. The van der Waals surface area contributed by atoms with E-state index in [1.807, 2.05) is 6.92 Å². The number of alkyl halides is 3. The smallest absolute Gasteiger partial charge is 0.386 e. The SMILES string of the molecule is CCSc1cccnc1C(=O)Nc1cc(C(F)(F)F)cc(Br)c1NC. The summed E-state index contributed by atoms with van der Waals surface area (Å²) in [5, 5.41) is 5.31. The Labute approximate surface area is 155 Å². The van der Waals surface area contributed by atoms with Crippen molar-refractivity contribution in [1.29, 1.82) is 0 Å². The largest absolute Gasteiger partial charge is 0.416 e. The fraction of sp³-hybridized carbons (Fsp3) is 0.250. The minimum Gasteiger partial charge on any atom is -0.386 e. The average molecular weight is 434 g/mol. The van der Waals surface area contributed by atoms with Crippen molar-refractivity contribution in [2.24, 2.45) is 0 Å². The van der Waals surface area contributed by atoms with Crippen molar-refractivity contribution in [3.63, 3.8) is 0 Å². The molecule has 1 aromatic carbocycles. The second kappa shape index (κ2) is 8.09. The third kappa shape index (κ3) is 4.66. The van der Waals surface area contributed by atoms with Gasteiger partial charge in [-0.25, -0.2) is 4.98 Å². The number of benzene rings is 1. The van der Waals surface area contributed by atoms with Crippen LogP contribution < -0.4 is 10.6 Å². The number of hydrogen-bond donors (Lipinski definition) is 2. The zero-order valence-electron chi connectivity index (χ0n) is 13.4. The van der Waals surface area contributed by atoms with Crippen molar-refractivity contribution in [2.45, 2.75) is 18.0 Å². The predicted molar refractivity (Wildman–Crippen MR) is 97.3 cm³/mol. The Morgan fingerprint density at radius 2 is 2.08 bits per heavy atom. The third-order valence-electron chi connectivity index (χ3n) is 3.20. The van der Waals surface area contributed by atoms with Gasteiger partial charge in [0.25, 0.3) is 5.91 Å². The number of halogens is 4. The summed E-state index contributed by atoms with van der Waals surface area (Å²) in [5.41, 5.74) is -0.322. The number of aromatic nitrogens is 1. The molecule has 0 unspecified atom stereocenters. The lowest BCUT2D eigenvalue weighted by Gasteiger charge is -2.16. The van der Waals surface area contributed by atoms with E-state index >= 15 is 0 Å².